The lowest BCUT2D eigenvalue weighted by molar-refractivity contribution is -0.112. The molecule has 1 aromatic heterocycles. The molecule has 0 saturated heterocycles. The number of fused-ring (bicyclic) bond motifs is 1. The molecule has 3 nitrogen and oxygen atoms in total. The van der Waals surface area contributed by atoms with E-state index in [1.54, 1.807) is 6.20 Å². The van der Waals surface area contributed by atoms with Crippen molar-refractivity contribution >= 4 is 11.6 Å². The fraction of sp³-hybridized carbons (Fsp3) is 0.583. The Bertz CT molecular complexity index is 382. The topological polar surface area (TPSA) is 31.4 Å². The SMILES string of the molecule is CCCC1OCc2c(CCl)cnc(C)c2O1. The summed E-state index contributed by atoms with van der Waals surface area (Å²) in [5, 5.41) is 0. The number of aromatic nitrogens is 1. The fourth-order valence-electron chi connectivity index (χ4n) is 1.82. The Morgan fingerprint density at radius 3 is 3.06 bits per heavy atom. The number of hydrogen-bond donors (Lipinski definition) is 0. The summed E-state index contributed by atoms with van der Waals surface area (Å²) >= 11 is 5.86. The molecule has 0 amide bonds. The zero-order chi connectivity index (χ0) is 11.5. The van der Waals surface area contributed by atoms with Crippen LogP contribution in [0.1, 0.15) is 36.6 Å². The molecule has 0 saturated carbocycles. The Labute approximate surface area is 101 Å². The number of rotatable bonds is 3. The van der Waals surface area contributed by atoms with Crippen molar-refractivity contribution in [3.63, 3.8) is 0 Å². The van der Waals surface area contributed by atoms with E-state index in [4.69, 9.17) is 21.1 Å². The molecule has 0 radical (unpaired) electrons. The largest absolute Gasteiger partial charge is 0.463 e. The molecular weight excluding hydrogens is 226 g/mol. The number of alkyl halides is 1. The van der Waals surface area contributed by atoms with Crippen LogP contribution in [0.15, 0.2) is 6.20 Å². The van der Waals surface area contributed by atoms with Gasteiger partial charge < -0.3 is 9.47 Å². The highest BCUT2D eigenvalue weighted by Crippen LogP contribution is 2.32. The van der Waals surface area contributed by atoms with Crippen LogP contribution >= 0.6 is 11.6 Å². The van der Waals surface area contributed by atoms with Gasteiger partial charge in [-0.1, -0.05) is 13.3 Å². The molecular formula is C12H16ClNO2. The maximum Gasteiger partial charge on any atom is 0.200 e. The second-order valence-electron chi connectivity index (χ2n) is 3.96. The highest BCUT2D eigenvalue weighted by molar-refractivity contribution is 6.17. The maximum atomic E-state index is 5.86. The predicted octanol–water partition coefficient (Wildman–Crippen LogP) is 3.16. The Morgan fingerprint density at radius 2 is 2.38 bits per heavy atom. The normalized spacial score (nSPS) is 19.1. The van der Waals surface area contributed by atoms with Gasteiger partial charge in [0, 0.05) is 24.1 Å². The number of hydrogen-bond acceptors (Lipinski definition) is 3. The van der Waals surface area contributed by atoms with Crippen molar-refractivity contribution in [1.29, 1.82) is 0 Å². The van der Waals surface area contributed by atoms with Crippen molar-refractivity contribution in [3.05, 3.63) is 23.0 Å². The Morgan fingerprint density at radius 1 is 1.56 bits per heavy atom. The summed E-state index contributed by atoms with van der Waals surface area (Å²) in [5.41, 5.74) is 2.96. The fourth-order valence-corrected chi connectivity index (χ4v) is 2.06. The summed E-state index contributed by atoms with van der Waals surface area (Å²) in [6.07, 6.45) is 3.61. The van der Waals surface area contributed by atoms with Gasteiger partial charge in [-0.2, -0.15) is 0 Å². The molecule has 0 spiro atoms. The summed E-state index contributed by atoms with van der Waals surface area (Å²) in [4.78, 5) is 4.29. The summed E-state index contributed by atoms with van der Waals surface area (Å²) < 4.78 is 11.4. The lowest BCUT2D eigenvalue weighted by Gasteiger charge is -2.28. The van der Waals surface area contributed by atoms with E-state index in [-0.39, 0.29) is 6.29 Å². The Hall–Kier alpha value is -0.800. The number of aryl methyl sites for hydroxylation is 1. The first-order valence-corrected chi connectivity index (χ1v) is 6.11. The van der Waals surface area contributed by atoms with Crippen LogP contribution in [0.25, 0.3) is 0 Å². The molecule has 2 heterocycles. The molecule has 0 aliphatic carbocycles. The number of pyridine rings is 1. The number of ether oxygens (including phenoxy) is 2. The van der Waals surface area contributed by atoms with Gasteiger partial charge in [0.1, 0.15) is 5.75 Å². The van der Waals surface area contributed by atoms with Crippen LogP contribution in [0, 0.1) is 6.92 Å². The summed E-state index contributed by atoms with van der Waals surface area (Å²) in [5.74, 6) is 1.31. The molecule has 0 N–H and O–H groups in total. The molecule has 1 aliphatic rings. The summed E-state index contributed by atoms with van der Waals surface area (Å²) in [6, 6.07) is 0. The van der Waals surface area contributed by atoms with Crippen molar-refractivity contribution in [1.82, 2.24) is 4.98 Å². The van der Waals surface area contributed by atoms with Gasteiger partial charge in [0.15, 0.2) is 6.29 Å². The highest BCUT2D eigenvalue weighted by Gasteiger charge is 2.23. The van der Waals surface area contributed by atoms with Gasteiger partial charge in [-0.15, -0.1) is 11.6 Å². The first kappa shape index (κ1) is 11.7. The minimum atomic E-state index is -0.136. The van der Waals surface area contributed by atoms with Crippen LogP contribution in [-0.4, -0.2) is 11.3 Å². The van der Waals surface area contributed by atoms with Gasteiger partial charge in [-0.05, 0) is 12.5 Å². The van der Waals surface area contributed by atoms with Crippen LogP contribution in [0.5, 0.6) is 5.75 Å². The van der Waals surface area contributed by atoms with E-state index < -0.39 is 0 Å². The molecule has 2 rings (SSSR count). The maximum absolute atomic E-state index is 5.86. The zero-order valence-electron chi connectivity index (χ0n) is 9.62. The van der Waals surface area contributed by atoms with E-state index >= 15 is 0 Å². The van der Waals surface area contributed by atoms with E-state index in [9.17, 15) is 0 Å². The van der Waals surface area contributed by atoms with Crippen molar-refractivity contribution in [2.45, 2.75) is 45.5 Å². The molecule has 1 aromatic rings. The zero-order valence-corrected chi connectivity index (χ0v) is 10.4. The van der Waals surface area contributed by atoms with Crippen LogP contribution < -0.4 is 4.74 Å². The van der Waals surface area contributed by atoms with E-state index in [1.807, 2.05) is 6.92 Å². The first-order chi connectivity index (χ1) is 7.76. The van der Waals surface area contributed by atoms with Crippen LogP contribution in [-0.2, 0) is 17.2 Å². The lowest BCUT2D eigenvalue weighted by atomic mass is 10.1. The molecule has 16 heavy (non-hydrogen) atoms. The van der Waals surface area contributed by atoms with Crippen LogP contribution in [0.3, 0.4) is 0 Å². The van der Waals surface area contributed by atoms with Crippen molar-refractivity contribution in [2.24, 2.45) is 0 Å². The highest BCUT2D eigenvalue weighted by atomic mass is 35.5. The third-order valence-electron chi connectivity index (χ3n) is 2.74. The number of halogens is 1. The van der Waals surface area contributed by atoms with Gasteiger partial charge in [0.25, 0.3) is 0 Å². The van der Waals surface area contributed by atoms with Crippen molar-refractivity contribution < 1.29 is 9.47 Å². The van der Waals surface area contributed by atoms with Gasteiger partial charge >= 0.3 is 0 Å². The smallest absolute Gasteiger partial charge is 0.200 e. The molecule has 1 atom stereocenters. The standard InChI is InChI=1S/C12H16ClNO2/c1-3-4-11-15-7-10-9(5-13)6-14-8(2)12(10)16-11/h6,11H,3-5,7H2,1-2H3. The summed E-state index contributed by atoms with van der Waals surface area (Å²) in [6.45, 7) is 4.64. The minimum absolute atomic E-state index is 0.136. The Balaban J connectivity index is 2.30. The van der Waals surface area contributed by atoms with Crippen molar-refractivity contribution in [2.75, 3.05) is 0 Å². The lowest BCUT2D eigenvalue weighted by Crippen LogP contribution is -2.26. The predicted molar refractivity (Wildman–Crippen MR) is 62.6 cm³/mol. The molecule has 4 heteroatoms. The van der Waals surface area contributed by atoms with Gasteiger partial charge in [0.05, 0.1) is 12.3 Å². The van der Waals surface area contributed by atoms with Gasteiger partial charge in [-0.3, -0.25) is 4.98 Å². The summed E-state index contributed by atoms with van der Waals surface area (Å²) in [7, 11) is 0. The quantitative estimate of drug-likeness (QED) is 0.762. The molecule has 1 unspecified atom stereocenters. The average molecular weight is 242 g/mol. The van der Waals surface area contributed by atoms with E-state index in [1.165, 1.54) is 0 Å². The van der Waals surface area contributed by atoms with E-state index in [0.717, 1.165) is 35.4 Å². The average Bonchev–Trinajstić information content (AvgIpc) is 2.31. The molecule has 0 aromatic carbocycles. The molecule has 0 fully saturated rings. The third kappa shape index (κ3) is 2.15. The molecule has 88 valence electrons. The van der Waals surface area contributed by atoms with E-state index in [0.29, 0.717) is 12.5 Å². The van der Waals surface area contributed by atoms with Gasteiger partial charge in [-0.25, -0.2) is 0 Å². The second-order valence-corrected chi connectivity index (χ2v) is 4.22. The second kappa shape index (κ2) is 5.02. The van der Waals surface area contributed by atoms with Crippen LogP contribution in [0.2, 0.25) is 0 Å². The minimum Gasteiger partial charge on any atom is -0.463 e. The van der Waals surface area contributed by atoms with E-state index in [2.05, 4.69) is 11.9 Å². The van der Waals surface area contributed by atoms with Crippen LogP contribution in [0.4, 0.5) is 0 Å². The monoisotopic (exact) mass is 241 g/mol. The first-order valence-electron chi connectivity index (χ1n) is 5.57. The Kier molecular flexibility index (Phi) is 3.66. The van der Waals surface area contributed by atoms with Crippen molar-refractivity contribution in [3.8, 4) is 5.75 Å². The molecule has 1 aliphatic heterocycles. The third-order valence-corrected chi connectivity index (χ3v) is 3.02. The molecule has 0 bridgehead atoms. The van der Waals surface area contributed by atoms with Gasteiger partial charge in [0.2, 0.25) is 0 Å². The number of nitrogens with zero attached hydrogens (tertiary/aromatic N) is 1.